The third-order valence-corrected chi connectivity index (χ3v) is 4.67. The fraction of sp³-hybridized carbons (Fsp3) is 0.200. The number of nitrogens with zero attached hydrogens (tertiary/aromatic N) is 3. The minimum Gasteiger partial charge on any atom is -0.383 e. The van der Waals surface area contributed by atoms with Gasteiger partial charge in [0, 0.05) is 31.1 Å². The molecule has 0 atom stereocenters. The molecule has 0 bridgehead atoms. The number of aromatic amines is 1. The summed E-state index contributed by atoms with van der Waals surface area (Å²) in [4.78, 5) is 37.0. The molecule has 2 aromatic carbocycles. The number of imidazole rings is 1. The number of amides is 2. The number of fused-ring (bicyclic) bond motifs is 1. The monoisotopic (exact) mass is 361 g/mol. The quantitative estimate of drug-likeness (QED) is 0.550. The molecule has 1 aliphatic heterocycles. The number of likely N-dealkylation sites (tertiary alicyclic amines) is 1. The zero-order valence-corrected chi connectivity index (χ0v) is 14.8. The van der Waals surface area contributed by atoms with Gasteiger partial charge in [-0.05, 0) is 24.3 Å². The molecule has 1 aliphatic rings. The van der Waals surface area contributed by atoms with Gasteiger partial charge in [-0.3, -0.25) is 9.59 Å². The summed E-state index contributed by atoms with van der Waals surface area (Å²) in [5.41, 5.74) is 8.91. The van der Waals surface area contributed by atoms with E-state index in [1.54, 1.807) is 29.2 Å². The number of nitrogens with one attached hydrogen (secondary N) is 1. The Hall–Kier alpha value is -3.48. The Bertz CT molecular complexity index is 1010. The SMILES string of the molecule is CC(=O)N=C(N)c1ccc(C(=O)N2CC(c3nc4ccccc4[nH]3)C2)cc1. The molecule has 3 aromatic rings. The van der Waals surface area contributed by atoms with Crippen molar-refractivity contribution in [3.05, 3.63) is 65.5 Å². The van der Waals surface area contributed by atoms with Gasteiger partial charge in [0.1, 0.15) is 11.7 Å². The molecule has 1 fully saturated rings. The van der Waals surface area contributed by atoms with Crippen molar-refractivity contribution < 1.29 is 9.59 Å². The second kappa shape index (κ2) is 6.68. The average molecular weight is 361 g/mol. The first-order valence-electron chi connectivity index (χ1n) is 8.70. The molecule has 136 valence electrons. The number of aromatic nitrogens is 2. The van der Waals surface area contributed by atoms with Crippen LogP contribution in [0.25, 0.3) is 11.0 Å². The molecule has 0 unspecified atom stereocenters. The predicted octanol–water partition coefficient (Wildman–Crippen LogP) is 2.05. The number of benzene rings is 2. The normalized spacial score (nSPS) is 15.0. The molecule has 4 rings (SSSR count). The molecule has 0 radical (unpaired) electrons. The van der Waals surface area contributed by atoms with E-state index in [0.717, 1.165) is 16.9 Å². The highest BCUT2D eigenvalue weighted by atomic mass is 16.2. The molecule has 3 N–H and O–H groups in total. The van der Waals surface area contributed by atoms with Gasteiger partial charge in [-0.1, -0.05) is 24.3 Å². The molecule has 7 nitrogen and oxygen atoms in total. The van der Waals surface area contributed by atoms with Gasteiger partial charge >= 0.3 is 0 Å². The Morgan fingerprint density at radius 2 is 1.78 bits per heavy atom. The van der Waals surface area contributed by atoms with Crippen LogP contribution < -0.4 is 5.73 Å². The van der Waals surface area contributed by atoms with Gasteiger partial charge in [0.25, 0.3) is 5.91 Å². The largest absolute Gasteiger partial charge is 0.383 e. The van der Waals surface area contributed by atoms with Gasteiger partial charge < -0.3 is 15.6 Å². The highest BCUT2D eigenvalue weighted by Gasteiger charge is 2.34. The molecule has 1 saturated heterocycles. The van der Waals surface area contributed by atoms with Crippen molar-refractivity contribution in [1.29, 1.82) is 0 Å². The number of aliphatic imine (C=N–C) groups is 1. The summed E-state index contributed by atoms with van der Waals surface area (Å²) in [6, 6.07) is 14.7. The fourth-order valence-electron chi connectivity index (χ4n) is 3.18. The predicted molar refractivity (Wildman–Crippen MR) is 103 cm³/mol. The number of hydrogen-bond acceptors (Lipinski definition) is 3. The Labute approximate surface area is 155 Å². The second-order valence-electron chi connectivity index (χ2n) is 6.64. The van der Waals surface area contributed by atoms with Crippen LogP contribution in [0.3, 0.4) is 0 Å². The van der Waals surface area contributed by atoms with Gasteiger partial charge in [0.15, 0.2) is 0 Å². The summed E-state index contributed by atoms with van der Waals surface area (Å²) in [6.07, 6.45) is 0. The van der Waals surface area contributed by atoms with Crippen LogP contribution >= 0.6 is 0 Å². The van der Waals surface area contributed by atoms with Crippen molar-refractivity contribution >= 4 is 28.7 Å². The lowest BCUT2D eigenvalue weighted by molar-refractivity contribution is -0.115. The van der Waals surface area contributed by atoms with Crippen LogP contribution in [0.1, 0.15) is 34.6 Å². The summed E-state index contributed by atoms with van der Waals surface area (Å²) < 4.78 is 0. The minimum absolute atomic E-state index is 0.0315. The molecule has 2 heterocycles. The van der Waals surface area contributed by atoms with Crippen LogP contribution in [0.2, 0.25) is 0 Å². The van der Waals surface area contributed by atoms with Gasteiger partial charge in [0.05, 0.1) is 17.0 Å². The molecule has 0 aliphatic carbocycles. The van der Waals surface area contributed by atoms with E-state index in [9.17, 15) is 9.59 Å². The van der Waals surface area contributed by atoms with E-state index in [0.29, 0.717) is 24.2 Å². The molecule has 7 heteroatoms. The summed E-state index contributed by atoms with van der Waals surface area (Å²) >= 11 is 0. The maximum atomic E-state index is 12.6. The Balaban J connectivity index is 1.42. The van der Waals surface area contributed by atoms with Crippen molar-refractivity contribution in [2.75, 3.05) is 13.1 Å². The molecule has 1 aromatic heterocycles. The van der Waals surface area contributed by atoms with Crippen LogP contribution in [0.5, 0.6) is 0 Å². The number of nitrogens with two attached hydrogens (primary N) is 1. The molecule has 2 amide bonds. The van der Waals surface area contributed by atoms with E-state index < -0.39 is 0 Å². The topological polar surface area (TPSA) is 104 Å². The zero-order chi connectivity index (χ0) is 19.0. The lowest BCUT2D eigenvalue weighted by Gasteiger charge is -2.38. The number of rotatable bonds is 3. The molecule has 0 spiro atoms. The lowest BCUT2D eigenvalue weighted by atomic mass is 9.98. The summed E-state index contributed by atoms with van der Waals surface area (Å²) in [5, 5.41) is 0. The Kier molecular flexibility index (Phi) is 4.19. The maximum Gasteiger partial charge on any atom is 0.253 e. The number of carbonyl (C=O) groups is 2. The standard InChI is InChI=1S/C20H19N5O2/c1-12(26)22-18(21)13-6-8-14(9-7-13)20(27)25-10-15(11-25)19-23-16-4-2-3-5-17(16)24-19/h2-9,15H,10-11H2,1H3,(H,23,24)(H2,21,22,26). The van der Waals surface area contributed by atoms with Gasteiger partial charge in [-0.25, -0.2) is 4.98 Å². The third-order valence-electron chi connectivity index (χ3n) is 4.67. The van der Waals surface area contributed by atoms with E-state index in [4.69, 9.17) is 5.73 Å². The number of amidine groups is 1. The first kappa shape index (κ1) is 17.0. The van der Waals surface area contributed by atoms with Crippen molar-refractivity contribution in [2.45, 2.75) is 12.8 Å². The van der Waals surface area contributed by atoms with Crippen LogP contribution in [0.4, 0.5) is 0 Å². The highest BCUT2D eigenvalue weighted by Crippen LogP contribution is 2.28. The van der Waals surface area contributed by atoms with Gasteiger partial charge in [-0.2, -0.15) is 4.99 Å². The molecule has 27 heavy (non-hydrogen) atoms. The van der Waals surface area contributed by atoms with Crippen LogP contribution in [-0.2, 0) is 4.79 Å². The van der Waals surface area contributed by atoms with E-state index in [1.165, 1.54) is 6.92 Å². The maximum absolute atomic E-state index is 12.6. The average Bonchev–Trinajstić information content (AvgIpc) is 3.03. The zero-order valence-electron chi connectivity index (χ0n) is 14.8. The van der Waals surface area contributed by atoms with Crippen molar-refractivity contribution in [3.8, 4) is 0 Å². The highest BCUT2D eigenvalue weighted by molar-refractivity contribution is 6.04. The van der Waals surface area contributed by atoms with E-state index in [-0.39, 0.29) is 23.6 Å². The Morgan fingerprint density at radius 3 is 2.44 bits per heavy atom. The van der Waals surface area contributed by atoms with E-state index in [2.05, 4.69) is 15.0 Å². The molecule has 0 saturated carbocycles. The third kappa shape index (κ3) is 3.31. The minimum atomic E-state index is -0.357. The summed E-state index contributed by atoms with van der Waals surface area (Å²) in [5.74, 6) is 0.902. The van der Waals surface area contributed by atoms with Crippen LogP contribution in [-0.4, -0.2) is 45.6 Å². The van der Waals surface area contributed by atoms with Crippen molar-refractivity contribution in [1.82, 2.24) is 14.9 Å². The molecular formula is C20H19N5O2. The van der Waals surface area contributed by atoms with Gasteiger partial charge in [0.2, 0.25) is 5.91 Å². The van der Waals surface area contributed by atoms with E-state index in [1.807, 2.05) is 24.3 Å². The molecular weight excluding hydrogens is 342 g/mol. The van der Waals surface area contributed by atoms with Crippen LogP contribution in [0.15, 0.2) is 53.5 Å². The summed E-state index contributed by atoms with van der Waals surface area (Å²) in [7, 11) is 0. The number of hydrogen-bond donors (Lipinski definition) is 2. The fourth-order valence-corrected chi connectivity index (χ4v) is 3.18. The summed E-state index contributed by atoms with van der Waals surface area (Å²) in [6.45, 7) is 2.61. The first-order chi connectivity index (χ1) is 13.0. The van der Waals surface area contributed by atoms with Crippen molar-refractivity contribution in [2.24, 2.45) is 10.7 Å². The Morgan fingerprint density at radius 1 is 1.11 bits per heavy atom. The second-order valence-corrected chi connectivity index (χ2v) is 6.64. The smallest absolute Gasteiger partial charge is 0.253 e. The van der Waals surface area contributed by atoms with Crippen LogP contribution in [0, 0.1) is 0 Å². The number of carbonyl (C=O) groups excluding carboxylic acids is 2. The van der Waals surface area contributed by atoms with Gasteiger partial charge in [-0.15, -0.1) is 0 Å². The number of para-hydroxylation sites is 2. The van der Waals surface area contributed by atoms with E-state index >= 15 is 0 Å². The first-order valence-corrected chi connectivity index (χ1v) is 8.70. The lowest BCUT2D eigenvalue weighted by Crippen LogP contribution is -2.48. The number of H-pyrrole nitrogens is 1. The van der Waals surface area contributed by atoms with Crippen molar-refractivity contribution in [3.63, 3.8) is 0 Å².